The van der Waals surface area contributed by atoms with E-state index in [9.17, 15) is 4.79 Å². The largest absolute Gasteiger partial charge is 0.294 e. The third-order valence-corrected chi connectivity index (χ3v) is 3.74. The van der Waals surface area contributed by atoms with Crippen LogP contribution >= 0.6 is 0 Å². The molecule has 0 aliphatic heterocycles. The fraction of sp³-hybridized carbons (Fsp3) is 0.333. The second-order valence-electron chi connectivity index (χ2n) is 5.49. The molecule has 3 rings (SSSR count). The fourth-order valence-electron chi connectivity index (χ4n) is 2.42. The molecule has 0 saturated heterocycles. The Balaban J connectivity index is 2.09. The van der Waals surface area contributed by atoms with E-state index < -0.39 is 0 Å². The highest BCUT2D eigenvalue weighted by Gasteiger charge is 2.50. The lowest BCUT2D eigenvalue weighted by Crippen LogP contribution is -2.07. The van der Waals surface area contributed by atoms with Gasteiger partial charge in [-0.05, 0) is 24.0 Å². The van der Waals surface area contributed by atoms with Crippen molar-refractivity contribution in [2.24, 2.45) is 11.3 Å². The number of pyridine rings is 1. The van der Waals surface area contributed by atoms with Crippen molar-refractivity contribution in [2.75, 3.05) is 0 Å². The number of benzene rings is 1. The van der Waals surface area contributed by atoms with E-state index in [0.717, 1.165) is 22.9 Å². The van der Waals surface area contributed by atoms with Gasteiger partial charge in [-0.3, -0.25) is 9.78 Å². The summed E-state index contributed by atoms with van der Waals surface area (Å²) in [5.41, 5.74) is 1.91. The number of hydrogen-bond acceptors (Lipinski definition) is 2. The lowest BCUT2D eigenvalue weighted by Gasteiger charge is -2.06. The van der Waals surface area contributed by atoms with Gasteiger partial charge in [0, 0.05) is 23.1 Å². The number of carbonyl (C=O) groups is 1. The topological polar surface area (TPSA) is 30.0 Å². The zero-order chi connectivity index (χ0) is 12.0. The predicted octanol–water partition coefficient (Wildman–Crippen LogP) is 3.46. The van der Waals surface area contributed by atoms with Crippen molar-refractivity contribution in [3.8, 4) is 0 Å². The summed E-state index contributed by atoms with van der Waals surface area (Å²) < 4.78 is 0. The van der Waals surface area contributed by atoms with Crippen LogP contribution in [0.4, 0.5) is 0 Å². The molecule has 0 amide bonds. The Hall–Kier alpha value is -1.70. The molecule has 1 aromatic carbocycles. The van der Waals surface area contributed by atoms with Crippen LogP contribution in [-0.2, 0) is 0 Å². The first-order chi connectivity index (χ1) is 8.09. The van der Waals surface area contributed by atoms with Crippen LogP contribution in [0.15, 0.2) is 36.5 Å². The van der Waals surface area contributed by atoms with Gasteiger partial charge < -0.3 is 0 Å². The number of carbonyl (C=O) groups excluding carboxylic acids is 1. The molecule has 1 saturated carbocycles. The molecular formula is C15H15NO. The first-order valence-electron chi connectivity index (χ1n) is 5.97. The first kappa shape index (κ1) is 10.5. The third kappa shape index (κ3) is 1.64. The van der Waals surface area contributed by atoms with E-state index in [1.807, 2.05) is 30.3 Å². The Morgan fingerprint density at radius 1 is 1.29 bits per heavy atom. The minimum atomic E-state index is 0.182. The molecule has 1 atom stereocenters. The quantitative estimate of drug-likeness (QED) is 0.732. The molecule has 0 N–H and O–H groups in total. The Bertz CT molecular complexity index is 595. The molecule has 1 aromatic heterocycles. The summed E-state index contributed by atoms with van der Waals surface area (Å²) in [6, 6.07) is 9.64. The maximum absolute atomic E-state index is 12.4. The standard InChI is InChI=1S/C15H15NO/c1-15(2)9-12(15)14(17)11-5-3-7-13-10(11)6-4-8-16-13/h3-8,12H,9H2,1-2H3. The van der Waals surface area contributed by atoms with Gasteiger partial charge in [0.25, 0.3) is 0 Å². The number of nitrogens with zero attached hydrogens (tertiary/aromatic N) is 1. The molecule has 1 fully saturated rings. The van der Waals surface area contributed by atoms with Gasteiger partial charge in [-0.15, -0.1) is 0 Å². The Labute approximate surface area is 101 Å². The number of hydrogen-bond donors (Lipinski definition) is 0. The Morgan fingerprint density at radius 2 is 2.06 bits per heavy atom. The highest BCUT2D eigenvalue weighted by Crippen LogP contribution is 2.53. The zero-order valence-electron chi connectivity index (χ0n) is 10.1. The van der Waals surface area contributed by atoms with Crippen LogP contribution in [0.25, 0.3) is 10.9 Å². The summed E-state index contributed by atoms with van der Waals surface area (Å²) in [7, 11) is 0. The fourth-order valence-corrected chi connectivity index (χ4v) is 2.42. The molecule has 0 bridgehead atoms. The smallest absolute Gasteiger partial charge is 0.167 e. The van der Waals surface area contributed by atoms with Crippen molar-refractivity contribution < 1.29 is 4.79 Å². The van der Waals surface area contributed by atoms with Crippen molar-refractivity contribution >= 4 is 16.7 Å². The van der Waals surface area contributed by atoms with Crippen LogP contribution in [0.5, 0.6) is 0 Å². The SMILES string of the molecule is CC1(C)CC1C(=O)c1cccc2ncccc12. The van der Waals surface area contributed by atoms with Gasteiger partial charge in [0.05, 0.1) is 5.52 Å². The molecule has 17 heavy (non-hydrogen) atoms. The average molecular weight is 225 g/mol. The molecular weight excluding hydrogens is 210 g/mol. The summed E-state index contributed by atoms with van der Waals surface area (Å²) in [5, 5.41) is 0.975. The highest BCUT2D eigenvalue weighted by atomic mass is 16.1. The molecule has 86 valence electrons. The normalized spacial score (nSPS) is 21.4. The van der Waals surface area contributed by atoms with Crippen LogP contribution < -0.4 is 0 Å². The summed E-state index contributed by atoms with van der Waals surface area (Å²) >= 11 is 0. The Morgan fingerprint density at radius 3 is 2.76 bits per heavy atom. The maximum Gasteiger partial charge on any atom is 0.167 e. The van der Waals surface area contributed by atoms with Gasteiger partial charge in [-0.25, -0.2) is 0 Å². The summed E-state index contributed by atoms with van der Waals surface area (Å²) in [4.78, 5) is 16.7. The second kappa shape index (κ2) is 3.39. The molecule has 2 nitrogen and oxygen atoms in total. The van der Waals surface area contributed by atoms with Crippen LogP contribution in [0.1, 0.15) is 30.6 Å². The van der Waals surface area contributed by atoms with E-state index in [-0.39, 0.29) is 17.1 Å². The van der Waals surface area contributed by atoms with Gasteiger partial charge in [0.2, 0.25) is 0 Å². The van der Waals surface area contributed by atoms with Crippen molar-refractivity contribution in [3.05, 3.63) is 42.1 Å². The number of Topliss-reactive ketones (excluding diaryl/α,β-unsaturated/α-hetero) is 1. The third-order valence-electron chi connectivity index (χ3n) is 3.74. The van der Waals surface area contributed by atoms with Crippen molar-refractivity contribution in [2.45, 2.75) is 20.3 Å². The molecule has 2 heteroatoms. The first-order valence-corrected chi connectivity index (χ1v) is 5.97. The van der Waals surface area contributed by atoms with E-state index >= 15 is 0 Å². The van der Waals surface area contributed by atoms with Gasteiger partial charge >= 0.3 is 0 Å². The average Bonchev–Trinajstić information content (AvgIpc) is 2.97. The Kier molecular flexibility index (Phi) is 2.09. The molecule has 2 aromatic rings. The molecule has 0 spiro atoms. The minimum Gasteiger partial charge on any atom is -0.294 e. The molecule has 1 aliphatic carbocycles. The number of ketones is 1. The molecule has 0 radical (unpaired) electrons. The number of rotatable bonds is 2. The summed E-state index contributed by atoms with van der Waals surface area (Å²) in [6.45, 7) is 4.30. The number of aromatic nitrogens is 1. The lowest BCUT2D eigenvalue weighted by molar-refractivity contribution is 0.0955. The summed E-state index contributed by atoms with van der Waals surface area (Å²) in [6.07, 6.45) is 2.76. The van der Waals surface area contributed by atoms with E-state index in [0.29, 0.717) is 0 Å². The van der Waals surface area contributed by atoms with Crippen molar-refractivity contribution in [3.63, 3.8) is 0 Å². The van der Waals surface area contributed by atoms with Gasteiger partial charge in [0.1, 0.15) is 0 Å². The van der Waals surface area contributed by atoms with Crippen LogP contribution in [0.2, 0.25) is 0 Å². The van der Waals surface area contributed by atoms with Gasteiger partial charge in [-0.1, -0.05) is 32.0 Å². The van der Waals surface area contributed by atoms with Crippen LogP contribution in [-0.4, -0.2) is 10.8 Å². The number of fused-ring (bicyclic) bond motifs is 1. The van der Waals surface area contributed by atoms with Gasteiger partial charge in [-0.2, -0.15) is 0 Å². The van der Waals surface area contributed by atoms with E-state index in [1.54, 1.807) is 6.20 Å². The van der Waals surface area contributed by atoms with E-state index in [1.165, 1.54) is 0 Å². The molecule has 1 aliphatic rings. The molecule has 1 unspecified atom stereocenters. The van der Waals surface area contributed by atoms with Crippen molar-refractivity contribution in [1.82, 2.24) is 4.98 Å². The van der Waals surface area contributed by atoms with Crippen LogP contribution in [0.3, 0.4) is 0 Å². The van der Waals surface area contributed by atoms with Gasteiger partial charge in [0.15, 0.2) is 5.78 Å². The zero-order valence-corrected chi connectivity index (χ0v) is 10.1. The van der Waals surface area contributed by atoms with E-state index in [4.69, 9.17) is 0 Å². The maximum atomic E-state index is 12.4. The minimum absolute atomic E-state index is 0.182. The molecule has 1 heterocycles. The lowest BCUT2D eigenvalue weighted by atomic mass is 9.98. The monoisotopic (exact) mass is 225 g/mol. The summed E-state index contributed by atoms with van der Waals surface area (Å²) in [5.74, 6) is 0.460. The highest BCUT2D eigenvalue weighted by molar-refractivity contribution is 6.09. The second-order valence-corrected chi connectivity index (χ2v) is 5.49. The van der Waals surface area contributed by atoms with E-state index in [2.05, 4.69) is 18.8 Å². The van der Waals surface area contributed by atoms with Crippen molar-refractivity contribution in [1.29, 1.82) is 0 Å². The van der Waals surface area contributed by atoms with Crippen LogP contribution in [0, 0.1) is 11.3 Å². The predicted molar refractivity (Wildman–Crippen MR) is 68.0 cm³/mol.